The molecule has 0 bridgehead atoms. The predicted molar refractivity (Wildman–Crippen MR) is 74.3 cm³/mol. The molecule has 0 radical (unpaired) electrons. The monoisotopic (exact) mass is 249 g/mol. The van der Waals surface area contributed by atoms with E-state index in [1.165, 1.54) is 0 Å². The fraction of sp³-hybridized carbons (Fsp3) is 0.643. The third kappa shape index (κ3) is 3.60. The molecular weight excluding hydrogens is 226 g/mol. The van der Waals surface area contributed by atoms with Gasteiger partial charge in [0.2, 0.25) is 0 Å². The van der Waals surface area contributed by atoms with Gasteiger partial charge in [-0.05, 0) is 13.3 Å². The van der Waals surface area contributed by atoms with Crippen molar-refractivity contribution in [3.05, 3.63) is 18.5 Å². The number of anilines is 1. The van der Waals surface area contributed by atoms with Crippen LogP contribution in [0.25, 0.3) is 0 Å². The minimum Gasteiger partial charge on any atom is -0.489 e. The van der Waals surface area contributed by atoms with E-state index in [1.807, 2.05) is 6.20 Å². The first-order valence-corrected chi connectivity index (χ1v) is 6.87. The minimum absolute atomic E-state index is 0.259. The summed E-state index contributed by atoms with van der Waals surface area (Å²) in [6.45, 7) is 8.44. The molecule has 2 heterocycles. The summed E-state index contributed by atoms with van der Waals surface area (Å²) in [5.41, 5.74) is 1.16. The van der Waals surface area contributed by atoms with Crippen molar-refractivity contribution in [1.29, 1.82) is 0 Å². The Bertz CT molecular complexity index is 364. The van der Waals surface area contributed by atoms with Crippen LogP contribution in [-0.2, 0) is 0 Å². The smallest absolute Gasteiger partial charge is 0.140 e. The maximum Gasteiger partial charge on any atom is 0.140 e. The van der Waals surface area contributed by atoms with Crippen molar-refractivity contribution in [2.24, 2.45) is 0 Å². The third-order valence-electron chi connectivity index (χ3n) is 3.21. The molecule has 100 valence electrons. The topological polar surface area (TPSA) is 37.4 Å². The lowest BCUT2D eigenvalue weighted by molar-refractivity contribution is 0.209. The average Bonchev–Trinajstić information content (AvgIpc) is 2.40. The van der Waals surface area contributed by atoms with E-state index >= 15 is 0 Å². The number of nitrogens with zero attached hydrogens (tertiary/aromatic N) is 2. The number of hydrogen-bond acceptors (Lipinski definition) is 4. The van der Waals surface area contributed by atoms with Crippen LogP contribution < -0.4 is 15.0 Å². The van der Waals surface area contributed by atoms with Gasteiger partial charge in [-0.2, -0.15) is 0 Å². The van der Waals surface area contributed by atoms with E-state index in [9.17, 15) is 0 Å². The van der Waals surface area contributed by atoms with Gasteiger partial charge in [-0.1, -0.05) is 13.3 Å². The van der Waals surface area contributed by atoms with Gasteiger partial charge >= 0.3 is 0 Å². The van der Waals surface area contributed by atoms with Gasteiger partial charge in [0.25, 0.3) is 0 Å². The Morgan fingerprint density at radius 1 is 1.39 bits per heavy atom. The van der Waals surface area contributed by atoms with Crippen LogP contribution in [0.1, 0.15) is 26.7 Å². The second-order valence-corrected chi connectivity index (χ2v) is 4.83. The lowest BCUT2D eigenvalue weighted by atomic mass is 10.2. The maximum atomic E-state index is 5.88. The summed E-state index contributed by atoms with van der Waals surface area (Å²) in [6.07, 6.45) is 6.21. The largest absolute Gasteiger partial charge is 0.489 e. The normalized spacial score (nSPS) is 17.6. The zero-order chi connectivity index (χ0) is 12.8. The van der Waals surface area contributed by atoms with Gasteiger partial charge < -0.3 is 15.0 Å². The van der Waals surface area contributed by atoms with Gasteiger partial charge in [-0.3, -0.25) is 4.98 Å². The van der Waals surface area contributed by atoms with Crippen molar-refractivity contribution < 1.29 is 4.74 Å². The molecule has 1 aromatic heterocycles. The molecule has 1 aliphatic rings. The zero-order valence-corrected chi connectivity index (χ0v) is 11.4. The minimum atomic E-state index is 0.259. The number of piperazine rings is 1. The van der Waals surface area contributed by atoms with Crippen LogP contribution in [0, 0.1) is 0 Å². The molecule has 4 heteroatoms. The first-order chi connectivity index (χ1) is 8.79. The van der Waals surface area contributed by atoms with E-state index in [0.29, 0.717) is 0 Å². The third-order valence-corrected chi connectivity index (χ3v) is 3.21. The number of nitrogens with one attached hydrogen (secondary N) is 1. The highest BCUT2D eigenvalue weighted by molar-refractivity contribution is 5.48. The molecule has 1 fully saturated rings. The molecule has 1 saturated heterocycles. The summed E-state index contributed by atoms with van der Waals surface area (Å²) < 4.78 is 5.88. The lowest BCUT2D eigenvalue weighted by Crippen LogP contribution is -2.43. The van der Waals surface area contributed by atoms with Crippen molar-refractivity contribution in [2.75, 3.05) is 31.1 Å². The number of pyridine rings is 1. The second kappa shape index (κ2) is 6.59. The Balaban J connectivity index is 2.00. The predicted octanol–water partition coefficient (Wildman–Crippen LogP) is 2.06. The standard InChI is InChI=1S/C14H23N3O/c1-3-4-12(2)18-14-9-13(10-16-11-14)17-7-5-15-6-8-17/h9-12,15H,3-8H2,1-2H3. The Kier molecular flexibility index (Phi) is 4.81. The molecule has 18 heavy (non-hydrogen) atoms. The first-order valence-electron chi connectivity index (χ1n) is 6.87. The molecule has 1 aromatic rings. The van der Waals surface area contributed by atoms with Crippen molar-refractivity contribution in [3.63, 3.8) is 0 Å². The summed E-state index contributed by atoms with van der Waals surface area (Å²) in [5, 5.41) is 3.35. The molecule has 0 aliphatic carbocycles. The average molecular weight is 249 g/mol. The van der Waals surface area contributed by atoms with Crippen LogP contribution in [0.2, 0.25) is 0 Å². The molecule has 1 unspecified atom stereocenters. The van der Waals surface area contributed by atoms with Crippen molar-refractivity contribution in [1.82, 2.24) is 10.3 Å². The van der Waals surface area contributed by atoms with Gasteiger partial charge in [-0.15, -0.1) is 0 Å². The number of rotatable bonds is 5. The highest BCUT2D eigenvalue weighted by Gasteiger charge is 2.12. The number of aromatic nitrogens is 1. The van der Waals surface area contributed by atoms with Gasteiger partial charge in [0.1, 0.15) is 5.75 Å². The summed E-state index contributed by atoms with van der Waals surface area (Å²) in [5.74, 6) is 0.881. The molecule has 0 aromatic carbocycles. The van der Waals surface area contributed by atoms with Crippen LogP contribution in [0.4, 0.5) is 5.69 Å². The van der Waals surface area contributed by atoms with E-state index in [0.717, 1.165) is 50.5 Å². The number of ether oxygens (including phenoxy) is 1. The summed E-state index contributed by atoms with van der Waals surface area (Å²) in [7, 11) is 0. The zero-order valence-electron chi connectivity index (χ0n) is 11.4. The second-order valence-electron chi connectivity index (χ2n) is 4.83. The lowest BCUT2D eigenvalue weighted by Gasteiger charge is -2.29. The molecular formula is C14H23N3O. The van der Waals surface area contributed by atoms with E-state index in [2.05, 4.69) is 35.1 Å². The molecule has 0 spiro atoms. The highest BCUT2D eigenvalue weighted by atomic mass is 16.5. The van der Waals surface area contributed by atoms with Gasteiger partial charge in [0.15, 0.2) is 0 Å². The van der Waals surface area contributed by atoms with Crippen molar-refractivity contribution in [2.45, 2.75) is 32.8 Å². The molecule has 0 amide bonds. The SMILES string of the molecule is CCCC(C)Oc1cncc(N2CCNCC2)c1. The fourth-order valence-corrected chi connectivity index (χ4v) is 2.27. The molecule has 2 rings (SSSR count). The van der Waals surface area contributed by atoms with Crippen LogP contribution in [0.15, 0.2) is 18.5 Å². The van der Waals surface area contributed by atoms with E-state index in [-0.39, 0.29) is 6.10 Å². The molecule has 1 N–H and O–H groups in total. The summed E-state index contributed by atoms with van der Waals surface area (Å²) >= 11 is 0. The van der Waals surface area contributed by atoms with Crippen LogP contribution in [-0.4, -0.2) is 37.3 Å². The van der Waals surface area contributed by atoms with Gasteiger partial charge in [-0.25, -0.2) is 0 Å². The Morgan fingerprint density at radius 3 is 2.89 bits per heavy atom. The molecule has 4 nitrogen and oxygen atoms in total. The molecule has 0 saturated carbocycles. The van der Waals surface area contributed by atoms with Gasteiger partial charge in [0, 0.05) is 32.2 Å². The Morgan fingerprint density at radius 2 is 2.17 bits per heavy atom. The van der Waals surface area contributed by atoms with Crippen molar-refractivity contribution >= 4 is 5.69 Å². The van der Waals surface area contributed by atoms with E-state index in [1.54, 1.807) is 6.20 Å². The quantitative estimate of drug-likeness (QED) is 0.866. The first kappa shape index (κ1) is 13.1. The van der Waals surface area contributed by atoms with Gasteiger partial charge in [0.05, 0.1) is 24.2 Å². The van der Waals surface area contributed by atoms with E-state index in [4.69, 9.17) is 4.74 Å². The van der Waals surface area contributed by atoms with Crippen LogP contribution >= 0.6 is 0 Å². The molecule has 1 aliphatic heterocycles. The molecule has 1 atom stereocenters. The number of hydrogen-bond donors (Lipinski definition) is 1. The van der Waals surface area contributed by atoms with Crippen LogP contribution in [0.5, 0.6) is 5.75 Å². The van der Waals surface area contributed by atoms with Crippen molar-refractivity contribution in [3.8, 4) is 5.75 Å². The maximum absolute atomic E-state index is 5.88. The fourth-order valence-electron chi connectivity index (χ4n) is 2.27. The summed E-state index contributed by atoms with van der Waals surface area (Å²) in [6, 6.07) is 2.10. The van der Waals surface area contributed by atoms with E-state index < -0.39 is 0 Å². The Labute approximate surface area is 109 Å². The highest BCUT2D eigenvalue weighted by Crippen LogP contribution is 2.21. The van der Waals surface area contributed by atoms with Crippen LogP contribution in [0.3, 0.4) is 0 Å². The summed E-state index contributed by atoms with van der Waals surface area (Å²) in [4.78, 5) is 6.63. The Hall–Kier alpha value is -1.29.